The van der Waals surface area contributed by atoms with Crippen LogP contribution in [0.4, 0.5) is 14.5 Å². The fourth-order valence-electron chi connectivity index (χ4n) is 2.77. The number of halogens is 2. The van der Waals surface area contributed by atoms with Gasteiger partial charge in [-0.1, -0.05) is 24.3 Å². The highest BCUT2D eigenvalue weighted by molar-refractivity contribution is 7.80. The van der Waals surface area contributed by atoms with Crippen molar-refractivity contribution >= 4 is 35.0 Å². The van der Waals surface area contributed by atoms with Gasteiger partial charge in [-0.25, -0.2) is 13.7 Å². The fourth-order valence-corrected chi connectivity index (χ4v) is 3.06. The van der Waals surface area contributed by atoms with Crippen LogP contribution in [0.3, 0.4) is 0 Å². The number of carbonyl (C=O) groups is 1. The van der Waals surface area contributed by atoms with E-state index in [2.05, 4.69) is 5.32 Å². The van der Waals surface area contributed by atoms with Gasteiger partial charge >= 0.3 is 0 Å². The first kappa shape index (κ1) is 17.1. The Hall–Kier alpha value is -3.32. The molecule has 1 aromatic heterocycles. The SMILES string of the molecule is O=C1/C(=C\c2ccc(-c3ccccc3F)o2)NC(=S)N1c1ccccc1F. The molecule has 0 bridgehead atoms. The number of amides is 1. The van der Waals surface area contributed by atoms with Crippen LogP contribution < -0.4 is 10.2 Å². The van der Waals surface area contributed by atoms with E-state index in [9.17, 15) is 13.6 Å². The Morgan fingerprint density at radius 2 is 1.67 bits per heavy atom. The Labute approximate surface area is 158 Å². The first-order valence-electron chi connectivity index (χ1n) is 8.01. The van der Waals surface area contributed by atoms with Crippen LogP contribution in [0.25, 0.3) is 17.4 Å². The lowest BCUT2D eigenvalue weighted by Gasteiger charge is -2.14. The van der Waals surface area contributed by atoms with Gasteiger partial charge in [-0.05, 0) is 48.6 Å². The summed E-state index contributed by atoms with van der Waals surface area (Å²) < 4.78 is 33.5. The minimum Gasteiger partial charge on any atom is -0.457 e. The van der Waals surface area contributed by atoms with Crippen LogP contribution in [-0.2, 0) is 4.79 Å². The Bertz CT molecular complexity index is 1090. The van der Waals surface area contributed by atoms with Crippen LogP contribution in [0.5, 0.6) is 0 Å². The predicted octanol–water partition coefficient (Wildman–Crippen LogP) is 4.49. The number of nitrogens with one attached hydrogen (secondary N) is 1. The molecule has 4 nitrogen and oxygen atoms in total. The topological polar surface area (TPSA) is 45.5 Å². The van der Waals surface area contributed by atoms with E-state index >= 15 is 0 Å². The van der Waals surface area contributed by atoms with Gasteiger partial charge in [0.1, 0.15) is 28.9 Å². The van der Waals surface area contributed by atoms with Gasteiger partial charge in [0.05, 0.1) is 11.3 Å². The van der Waals surface area contributed by atoms with Gasteiger partial charge in [-0.2, -0.15) is 0 Å². The largest absolute Gasteiger partial charge is 0.457 e. The number of benzene rings is 2. The number of rotatable bonds is 3. The molecule has 4 rings (SSSR count). The molecule has 0 radical (unpaired) electrons. The molecule has 0 atom stereocenters. The first-order chi connectivity index (χ1) is 13.0. The fraction of sp³-hybridized carbons (Fsp3) is 0. The summed E-state index contributed by atoms with van der Waals surface area (Å²) in [7, 11) is 0. The van der Waals surface area contributed by atoms with Gasteiger partial charge in [-0.15, -0.1) is 0 Å². The van der Waals surface area contributed by atoms with Crippen LogP contribution in [0.1, 0.15) is 5.76 Å². The summed E-state index contributed by atoms with van der Waals surface area (Å²) in [5, 5.41) is 2.82. The third kappa shape index (κ3) is 3.13. The third-order valence-electron chi connectivity index (χ3n) is 4.02. The van der Waals surface area contributed by atoms with Gasteiger partial charge in [0, 0.05) is 6.08 Å². The quantitative estimate of drug-likeness (QED) is 0.536. The molecular weight excluding hydrogens is 370 g/mol. The van der Waals surface area contributed by atoms with Crippen molar-refractivity contribution in [3.63, 3.8) is 0 Å². The number of anilines is 1. The maximum atomic E-state index is 14.0. The molecule has 7 heteroatoms. The third-order valence-corrected chi connectivity index (χ3v) is 4.31. The van der Waals surface area contributed by atoms with Crippen molar-refractivity contribution in [3.8, 4) is 11.3 Å². The standard InChI is InChI=1S/C20H12F2N2O2S/c21-14-6-2-1-5-13(14)18-10-9-12(26-18)11-16-19(25)24(20(27)23-16)17-8-4-3-7-15(17)22/h1-11H,(H,23,27)/b16-11+. The monoisotopic (exact) mass is 382 g/mol. The van der Waals surface area contributed by atoms with Crippen LogP contribution in [0.2, 0.25) is 0 Å². The second kappa shape index (κ2) is 6.77. The summed E-state index contributed by atoms with van der Waals surface area (Å²) in [5.41, 5.74) is 0.518. The number of carbonyl (C=O) groups excluding carboxylic acids is 1. The molecule has 0 saturated carbocycles. The van der Waals surface area contributed by atoms with Crippen molar-refractivity contribution in [2.75, 3.05) is 4.90 Å². The van der Waals surface area contributed by atoms with Crippen molar-refractivity contribution in [3.05, 3.63) is 83.8 Å². The second-order valence-corrected chi connectivity index (χ2v) is 6.15. The molecule has 1 aliphatic rings. The van der Waals surface area contributed by atoms with Crippen LogP contribution in [-0.4, -0.2) is 11.0 Å². The molecule has 1 N–H and O–H groups in total. The molecule has 134 valence electrons. The summed E-state index contributed by atoms with van der Waals surface area (Å²) in [4.78, 5) is 13.7. The van der Waals surface area contributed by atoms with Crippen molar-refractivity contribution in [2.45, 2.75) is 0 Å². The van der Waals surface area contributed by atoms with E-state index in [1.165, 1.54) is 30.3 Å². The molecule has 3 aromatic rings. The molecule has 1 aliphatic heterocycles. The maximum Gasteiger partial charge on any atom is 0.281 e. The molecular formula is C20H12F2N2O2S. The molecule has 2 aromatic carbocycles. The average Bonchev–Trinajstić information content (AvgIpc) is 3.21. The Morgan fingerprint density at radius 1 is 0.963 bits per heavy atom. The zero-order valence-corrected chi connectivity index (χ0v) is 14.6. The molecule has 0 aliphatic carbocycles. The predicted molar refractivity (Wildman–Crippen MR) is 102 cm³/mol. The highest BCUT2D eigenvalue weighted by Crippen LogP contribution is 2.28. The summed E-state index contributed by atoms with van der Waals surface area (Å²) in [6.07, 6.45) is 1.44. The lowest BCUT2D eigenvalue weighted by atomic mass is 10.1. The molecule has 1 fully saturated rings. The van der Waals surface area contributed by atoms with Gasteiger partial charge in [0.15, 0.2) is 5.11 Å². The zero-order chi connectivity index (χ0) is 19.0. The molecule has 1 amide bonds. The zero-order valence-electron chi connectivity index (χ0n) is 13.8. The van der Waals surface area contributed by atoms with E-state index in [-0.39, 0.29) is 16.5 Å². The molecule has 0 unspecified atom stereocenters. The lowest BCUT2D eigenvalue weighted by molar-refractivity contribution is -0.113. The van der Waals surface area contributed by atoms with Crippen molar-refractivity contribution in [2.24, 2.45) is 0 Å². The van der Waals surface area contributed by atoms with E-state index < -0.39 is 17.5 Å². The number of hydrogen-bond donors (Lipinski definition) is 1. The van der Waals surface area contributed by atoms with E-state index in [0.29, 0.717) is 17.1 Å². The summed E-state index contributed by atoms with van der Waals surface area (Å²) >= 11 is 5.16. The normalized spacial score (nSPS) is 15.5. The maximum absolute atomic E-state index is 14.0. The number of hydrogen-bond acceptors (Lipinski definition) is 3. The van der Waals surface area contributed by atoms with Crippen molar-refractivity contribution < 1.29 is 18.0 Å². The van der Waals surface area contributed by atoms with Crippen LogP contribution in [0, 0.1) is 11.6 Å². The molecule has 2 heterocycles. The van der Waals surface area contributed by atoms with Crippen molar-refractivity contribution in [1.29, 1.82) is 0 Å². The number of furan rings is 1. The smallest absolute Gasteiger partial charge is 0.281 e. The number of nitrogens with zero attached hydrogens (tertiary/aromatic N) is 1. The number of thiocarbonyl (C=S) groups is 1. The molecule has 27 heavy (non-hydrogen) atoms. The van der Waals surface area contributed by atoms with Crippen molar-refractivity contribution in [1.82, 2.24) is 5.32 Å². The first-order valence-corrected chi connectivity index (χ1v) is 8.42. The number of para-hydroxylation sites is 1. The van der Waals surface area contributed by atoms with E-state index in [1.807, 2.05) is 0 Å². The summed E-state index contributed by atoms with van der Waals surface area (Å²) in [6.45, 7) is 0. The van der Waals surface area contributed by atoms with E-state index in [1.54, 1.807) is 36.4 Å². The van der Waals surface area contributed by atoms with Gasteiger partial charge in [0.25, 0.3) is 5.91 Å². The van der Waals surface area contributed by atoms with E-state index in [4.69, 9.17) is 16.6 Å². The highest BCUT2D eigenvalue weighted by Gasteiger charge is 2.33. The van der Waals surface area contributed by atoms with Gasteiger partial charge < -0.3 is 9.73 Å². The Kier molecular flexibility index (Phi) is 4.29. The minimum atomic E-state index is -0.559. The second-order valence-electron chi connectivity index (χ2n) is 5.76. The average molecular weight is 382 g/mol. The van der Waals surface area contributed by atoms with E-state index in [0.717, 1.165) is 4.90 Å². The molecule has 0 spiro atoms. The summed E-state index contributed by atoms with van der Waals surface area (Å²) in [6, 6.07) is 15.3. The van der Waals surface area contributed by atoms with Crippen LogP contribution >= 0.6 is 12.2 Å². The van der Waals surface area contributed by atoms with Crippen LogP contribution in [0.15, 0.2) is 70.8 Å². The summed E-state index contributed by atoms with van der Waals surface area (Å²) in [5.74, 6) is -0.806. The van der Waals surface area contributed by atoms with Gasteiger partial charge in [0.2, 0.25) is 0 Å². The Balaban J connectivity index is 1.64. The lowest BCUT2D eigenvalue weighted by Crippen LogP contribution is -2.31. The molecule has 1 saturated heterocycles. The Morgan fingerprint density at radius 3 is 2.41 bits per heavy atom. The van der Waals surface area contributed by atoms with Gasteiger partial charge in [-0.3, -0.25) is 4.79 Å². The minimum absolute atomic E-state index is 0.0647. The highest BCUT2D eigenvalue weighted by atomic mass is 32.1.